The average Bonchev–Trinajstić information content (AvgIpc) is 3.49. The molecule has 0 unspecified atom stereocenters. The van der Waals surface area contributed by atoms with E-state index in [-0.39, 0.29) is 16.1 Å². The molecular weight excluding hydrogens is 412 g/mol. The molecule has 30 heavy (non-hydrogen) atoms. The number of epoxide rings is 1. The lowest BCUT2D eigenvalue weighted by molar-refractivity contribution is -0.384. The molecule has 0 spiro atoms. The summed E-state index contributed by atoms with van der Waals surface area (Å²) in [5.41, 5.74) is 1.01. The molecule has 2 aromatic rings. The smallest absolute Gasteiger partial charge is 0.338 e. The Kier molecular flexibility index (Phi) is 6.20. The predicted molar refractivity (Wildman–Crippen MR) is 108 cm³/mol. The van der Waals surface area contributed by atoms with Gasteiger partial charge >= 0.3 is 5.97 Å². The molecule has 1 fully saturated rings. The van der Waals surface area contributed by atoms with Crippen LogP contribution in [0.15, 0.2) is 53.4 Å². The lowest BCUT2D eigenvalue weighted by Gasteiger charge is -2.14. The second-order valence-electron chi connectivity index (χ2n) is 7.20. The highest BCUT2D eigenvalue weighted by atomic mass is 32.2. The van der Waals surface area contributed by atoms with Crippen LogP contribution >= 0.6 is 0 Å². The van der Waals surface area contributed by atoms with Gasteiger partial charge in [0, 0.05) is 18.2 Å². The number of sulfonamides is 1. The van der Waals surface area contributed by atoms with Crippen molar-refractivity contribution in [3.8, 4) is 0 Å². The van der Waals surface area contributed by atoms with Gasteiger partial charge in [-0.25, -0.2) is 17.9 Å². The summed E-state index contributed by atoms with van der Waals surface area (Å²) in [4.78, 5) is 22.5. The van der Waals surface area contributed by atoms with Gasteiger partial charge in [0.2, 0.25) is 10.0 Å². The Morgan fingerprint density at radius 1 is 1.10 bits per heavy atom. The minimum Gasteiger partial charge on any atom is -0.456 e. The largest absolute Gasteiger partial charge is 0.456 e. The summed E-state index contributed by atoms with van der Waals surface area (Å²) in [6.45, 7) is 5.20. The van der Waals surface area contributed by atoms with Crippen molar-refractivity contribution >= 4 is 21.7 Å². The molecule has 2 aromatic carbocycles. The van der Waals surface area contributed by atoms with Crippen molar-refractivity contribution in [1.82, 2.24) is 4.72 Å². The Morgan fingerprint density at radius 2 is 1.70 bits per heavy atom. The summed E-state index contributed by atoms with van der Waals surface area (Å²) >= 11 is 0. The van der Waals surface area contributed by atoms with Crippen molar-refractivity contribution < 1.29 is 27.6 Å². The molecule has 0 radical (unpaired) electrons. The van der Waals surface area contributed by atoms with E-state index in [9.17, 15) is 23.3 Å². The van der Waals surface area contributed by atoms with Gasteiger partial charge in [-0.3, -0.25) is 10.1 Å². The fourth-order valence-electron chi connectivity index (χ4n) is 3.04. The number of non-ortho nitro benzene ring substituents is 1. The molecule has 1 aliphatic heterocycles. The number of benzene rings is 2. The second kappa shape index (κ2) is 8.50. The van der Waals surface area contributed by atoms with Gasteiger partial charge in [-0.2, -0.15) is 0 Å². The van der Waals surface area contributed by atoms with E-state index in [1.54, 1.807) is 26.0 Å². The van der Waals surface area contributed by atoms with Gasteiger partial charge < -0.3 is 9.47 Å². The summed E-state index contributed by atoms with van der Waals surface area (Å²) in [6.07, 6.45) is -1.52. The second-order valence-corrected chi connectivity index (χ2v) is 8.92. The number of carbonyl (C=O) groups is 1. The van der Waals surface area contributed by atoms with Crippen molar-refractivity contribution in [2.45, 2.75) is 50.0 Å². The van der Waals surface area contributed by atoms with Crippen LogP contribution in [-0.2, 0) is 19.5 Å². The van der Waals surface area contributed by atoms with Crippen LogP contribution in [0.1, 0.15) is 29.8 Å². The number of nitrogens with zero attached hydrogens (tertiary/aromatic N) is 1. The summed E-state index contributed by atoms with van der Waals surface area (Å²) in [6, 6.07) is 11.0. The van der Waals surface area contributed by atoms with Crippen molar-refractivity contribution in [1.29, 1.82) is 0 Å². The molecule has 9 nitrogen and oxygen atoms in total. The van der Waals surface area contributed by atoms with E-state index in [0.717, 1.165) is 5.56 Å². The van der Waals surface area contributed by atoms with E-state index >= 15 is 0 Å². The quantitative estimate of drug-likeness (QED) is 0.293. The Hall–Kier alpha value is -2.82. The monoisotopic (exact) mass is 434 g/mol. The van der Waals surface area contributed by atoms with Crippen LogP contribution in [0.2, 0.25) is 0 Å². The Bertz CT molecular complexity index is 1040. The van der Waals surface area contributed by atoms with Crippen molar-refractivity contribution in [3.05, 3.63) is 69.8 Å². The fourth-order valence-corrected chi connectivity index (χ4v) is 4.29. The summed E-state index contributed by atoms with van der Waals surface area (Å²) in [7, 11) is -3.70. The van der Waals surface area contributed by atoms with E-state index < -0.39 is 45.3 Å². The van der Waals surface area contributed by atoms with Crippen molar-refractivity contribution in [2.24, 2.45) is 0 Å². The zero-order chi connectivity index (χ0) is 22.1. The Morgan fingerprint density at radius 3 is 2.27 bits per heavy atom. The van der Waals surface area contributed by atoms with Crippen molar-refractivity contribution in [2.75, 3.05) is 0 Å². The minimum absolute atomic E-state index is 0.125. The van der Waals surface area contributed by atoms with Gasteiger partial charge in [-0.05, 0) is 45.0 Å². The molecule has 1 aliphatic rings. The van der Waals surface area contributed by atoms with Gasteiger partial charge in [-0.1, -0.05) is 17.7 Å². The minimum atomic E-state index is -3.70. The number of carbonyl (C=O) groups excluding carboxylic acids is 1. The van der Waals surface area contributed by atoms with Crippen LogP contribution in [0.4, 0.5) is 5.69 Å². The van der Waals surface area contributed by atoms with Crippen LogP contribution in [0.3, 0.4) is 0 Å². The topological polar surface area (TPSA) is 128 Å². The maximum atomic E-state index is 12.5. The van der Waals surface area contributed by atoms with E-state index in [4.69, 9.17) is 9.47 Å². The number of nitro groups is 1. The molecule has 0 aromatic heterocycles. The lowest BCUT2D eigenvalue weighted by Crippen LogP contribution is -2.38. The zero-order valence-corrected chi connectivity index (χ0v) is 17.5. The number of rotatable bonds is 8. The molecule has 1 N–H and O–H groups in total. The fraction of sp³-hybridized carbons (Fsp3) is 0.350. The molecule has 1 saturated heterocycles. The number of hydrogen-bond donors (Lipinski definition) is 1. The van der Waals surface area contributed by atoms with Crippen LogP contribution in [0.5, 0.6) is 0 Å². The summed E-state index contributed by atoms with van der Waals surface area (Å²) in [5, 5.41) is 10.7. The standard InChI is InChI=1S/C20H22N2O7S/c1-12-4-10-17(11-5-12)30(26,27)21-13(2)18-19(29-18)14(3)28-20(23)15-6-8-16(9-7-15)22(24)25/h4-11,13-14,18-19,21H,1-3H3/t13-,14-,18+,19+/m0/s1. The van der Waals surface area contributed by atoms with Gasteiger partial charge in [0.25, 0.3) is 5.69 Å². The van der Waals surface area contributed by atoms with Gasteiger partial charge in [0.15, 0.2) is 0 Å². The molecule has 160 valence electrons. The normalized spacial score (nSPS) is 20.2. The Balaban J connectivity index is 1.55. The molecule has 10 heteroatoms. The molecule has 1 heterocycles. The number of hydrogen-bond acceptors (Lipinski definition) is 7. The summed E-state index contributed by atoms with van der Waals surface area (Å²) < 4.78 is 38.5. The number of nitrogens with one attached hydrogen (secondary N) is 1. The third-order valence-corrected chi connectivity index (χ3v) is 6.37. The first-order valence-corrected chi connectivity index (χ1v) is 10.8. The number of nitro benzene ring substituents is 1. The number of esters is 1. The van der Waals surface area contributed by atoms with E-state index in [0.29, 0.717) is 0 Å². The number of ether oxygens (including phenoxy) is 2. The lowest BCUT2D eigenvalue weighted by atomic mass is 10.1. The number of aryl methyl sites for hydroxylation is 1. The average molecular weight is 434 g/mol. The first-order valence-electron chi connectivity index (χ1n) is 9.28. The molecule has 0 aliphatic carbocycles. The highest BCUT2D eigenvalue weighted by molar-refractivity contribution is 7.89. The summed E-state index contributed by atoms with van der Waals surface area (Å²) in [5.74, 6) is -0.639. The predicted octanol–water partition coefficient (Wildman–Crippen LogP) is 2.58. The molecular formula is C20H22N2O7S. The van der Waals surface area contributed by atoms with Crippen molar-refractivity contribution in [3.63, 3.8) is 0 Å². The third-order valence-electron chi connectivity index (χ3n) is 4.80. The SMILES string of the molecule is Cc1ccc(S(=O)(=O)N[C@@H](C)[C@H]2O[C@@H]2[C@H](C)OC(=O)c2ccc([N+](=O)[O-])cc2)cc1. The van der Waals surface area contributed by atoms with Gasteiger partial charge in [0.05, 0.1) is 15.4 Å². The highest BCUT2D eigenvalue weighted by Crippen LogP contribution is 2.31. The molecule has 0 amide bonds. The van der Waals surface area contributed by atoms with E-state index in [1.807, 2.05) is 6.92 Å². The van der Waals surface area contributed by atoms with Crippen LogP contribution in [-0.4, -0.2) is 43.7 Å². The van der Waals surface area contributed by atoms with Crippen LogP contribution in [0, 0.1) is 17.0 Å². The van der Waals surface area contributed by atoms with E-state index in [1.165, 1.54) is 36.4 Å². The van der Waals surface area contributed by atoms with E-state index in [2.05, 4.69) is 4.72 Å². The Labute approximate surface area is 174 Å². The zero-order valence-electron chi connectivity index (χ0n) is 16.6. The molecule has 3 rings (SSSR count). The third kappa shape index (κ3) is 5.02. The first kappa shape index (κ1) is 21.9. The van der Waals surface area contributed by atoms with Gasteiger partial charge in [-0.15, -0.1) is 0 Å². The molecule has 0 saturated carbocycles. The first-order chi connectivity index (χ1) is 14.1. The maximum absolute atomic E-state index is 12.5. The molecule has 4 atom stereocenters. The van der Waals surface area contributed by atoms with Gasteiger partial charge in [0.1, 0.15) is 18.3 Å². The van der Waals surface area contributed by atoms with Crippen LogP contribution < -0.4 is 4.72 Å². The molecule has 0 bridgehead atoms. The van der Waals surface area contributed by atoms with Crippen LogP contribution in [0.25, 0.3) is 0 Å². The maximum Gasteiger partial charge on any atom is 0.338 e. The highest BCUT2D eigenvalue weighted by Gasteiger charge is 2.49.